The number of piperazine rings is 1. The minimum absolute atomic E-state index is 0.117. The van der Waals surface area contributed by atoms with E-state index in [1.54, 1.807) is 26.6 Å². The molecule has 1 fully saturated rings. The highest BCUT2D eigenvalue weighted by Crippen LogP contribution is 2.27. The van der Waals surface area contributed by atoms with Gasteiger partial charge in [-0.3, -0.25) is 9.59 Å². The normalized spacial score (nSPS) is 18.7. The number of aryl methyl sites for hydroxylation is 1. The lowest BCUT2D eigenvalue weighted by Crippen LogP contribution is -2.50. The number of benzene rings is 1. The van der Waals surface area contributed by atoms with Gasteiger partial charge in [-0.2, -0.15) is 0 Å². The Bertz CT molecular complexity index is 1080. The van der Waals surface area contributed by atoms with Gasteiger partial charge < -0.3 is 19.0 Å². The highest BCUT2D eigenvalue weighted by atomic mass is 16.5. The van der Waals surface area contributed by atoms with Crippen molar-refractivity contribution in [2.75, 3.05) is 26.2 Å². The Morgan fingerprint density at radius 1 is 1.00 bits per heavy atom. The maximum absolute atomic E-state index is 13.1. The average Bonchev–Trinajstić information content (AvgIpc) is 3.49. The second kappa shape index (κ2) is 7.99. The Balaban J connectivity index is 1.24. The number of aromatic nitrogens is 3. The molecule has 2 aliphatic rings. The summed E-state index contributed by atoms with van der Waals surface area (Å²) in [6, 6.07) is 11.6. The lowest BCUT2D eigenvalue weighted by molar-refractivity contribution is -0.00203. The van der Waals surface area contributed by atoms with Gasteiger partial charge in [0, 0.05) is 26.2 Å². The summed E-state index contributed by atoms with van der Waals surface area (Å²) < 4.78 is 13.0. The van der Waals surface area contributed by atoms with Crippen molar-refractivity contribution in [3.63, 3.8) is 0 Å². The fourth-order valence-corrected chi connectivity index (χ4v) is 3.98. The molecule has 3 aromatic rings. The molecule has 0 saturated carbocycles. The van der Waals surface area contributed by atoms with E-state index in [0.717, 1.165) is 5.56 Å². The maximum Gasteiger partial charge on any atom is 0.289 e. The molecule has 1 aromatic carbocycles. The standard InChI is InChI=1S/C22H23N5O4/c1-15-4-6-16(7-5-15)19-13-27-17(14-31-19)20(23-24-27)22(29)26-10-8-25(9-11-26)21(28)18-3-2-12-30-18/h2-7,12,19H,8-11,13-14H2,1H3/t19-/m1/s1. The van der Waals surface area contributed by atoms with Gasteiger partial charge >= 0.3 is 0 Å². The molecular weight excluding hydrogens is 398 g/mol. The number of amides is 2. The van der Waals surface area contributed by atoms with Crippen LogP contribution in [0.15, 0.2) is 47.1 Å². The molecule has 31 heavy (non-hydrogen) atoms. The van der Waals surface area contributed by atoms with Crippen molar-refractivity contribution >= 4 is 11.8 Å². The molecule has 2 aromatic heterocycles. The van der Waals surface area contributed by atoms with Gasteiger partial charge in [0.2, 0.25) is 0 Å². The van der Waals surface area contributed by atoms with Gasteiger partial charge in [0.1, 0.15) is 6.10 Å². The third-order valence-electron chi connectivity index (χ3n) is 5.84. The van der Waals surface area contributed by atoms with Crippen molar-refractivity contribution in [3.8, 4) is 0 Å². The van der Waals surface area contributed by atoms with Crippen LogP contribution in [0.4, 0.5) is 0 Å². The van der Waals surface area contributed by atoms with Gasteiger partial charge in [-0.15, -0.1) is 5.10 Å². The van der Waals surface area contributed by atoms with Gasteiger partial charge in [-0.1, -0.05) is 35.0 Å². The van der Waals surface area contributed by atoms with E-state index in [9.17, 15) is 9.59 Å². The summed E-state index contributed by atoms with van der Waals surface area (Å²) in [4.78, 5) is 28.9. The van der Waals surface area contributed by atoms with Crippen LogP contribution in [0.2, 0.25) is 0 Å². The number of fused-ring (bicyclic) bond motifs is 1. The molecule has 5 rings (SSSR count). The van der Waals surface area contributed by atoms with Crippen LogP contribution in [0.25, 0.3) is 0 Å². The van der Waals surface area contributed by atoms with Crippen molar-refractivity contribution in [2.24, 2.45) is 0 Å². The zero-order chi connectivity index (χ0) is 21.4. The van der Waals surface area contributed by atoms with E-state index in [-0.39, 0.29) is 24.5 Å². The third-order valence-corrected chi connectivity index (χ3v) is 5.84. The number of nitrogens with zero attached hydrogens (tertiary/aromatic N) is 5. The monoisotopic (exact) mass is 421 g/mol. The van der Waals surface area contributed by atoms with Gasteiger partial charge in [0.25, 0.3) is 11.8 Å². The number of carbonyl (C=O) groups is 2. The van der Waals surface area contributed by atoms with Crippen LogP contribution in [-0.4, -0.2) is 62.8 Å². The van der Waals surface area contributed by atoms with Crippen molar-refractivity contribution < 1.29 is 18.7 Å². The highest BCUT2D eigenvalue weighted by molar-refractivity contribution is 5.94. The van der Waals surface area contributed by atoms with E-state index < -0.39 is 0 Å². The van der Waals surface area contributed by atoms with Crippen molar-refractivity contribution in [3.05, 3.63) is 70.9 Å². The smallest absolute Gasteiger partial charge is 0.289 e. The topological polar surface area (TPSA) is 93.7 Å². The van der Waals surface area contributed by atoms with E-state index in [1.165, 1.54) is 11.8 Å². The van der Waals surface area contributed by atoms with Crippen molar-refractivity contribution in [2.45, 2.75) is 26.2 Å². The number of ether oxygens (including phenoxy) is 1. The van der Waals surface area contributed by atoms with Gasteiger partial charge in [0.05, 0.1) is 25.1 Å². The summed E-state index contributed by atoms with van der Waals surface area (Å²) >= 11 is 0. The second-order valence-electron chi connectivity index (χ2n) is 7.84. The van der Waals surface area contributed by atoms with Crippen LogP contribution in [0.1, 0.15) is 44.0 Å². The quantitative estimate of drug-likeness (QED) is 0.643. The lowest BCUT2D eigenvalue weighted by Gasteiger charge is -2.34. The van der Waals surface area contributed by atoms with E-state index in [1.807, 2.05) is 6.92 Å². The largest absolute Gasteiger partial charge is 0.459 e. The maximum atomic E-state index is 13.1. The Morgan fingerprint density at radius 2 is 1.71 bits per heavy atom. The first-order valence-electron chi connectivity index (χ1n) is 10.3. The Hall–Kier alpha value is -3.46. The number of hydrogen-bond donors (Lipinski definition) is 0. The van der Waals surface area contributed by atoms with Crippen LogP contribution in [0.5, 0.6) is 0 Å². The number of furan rings is 1. The van der Waals surface area contributed by atoms with Crippen LogP contribution in [-0.2, 0) is 17.9 Å². The summed E-state index contributed by atoms with van der Waals surface area (Å²) in [5.74, 6) is -0.0233. The predicted octanol–water partition coefficient (Wildman–Crippen LogP) is 2.05. The van der Waals surface area contributed by atoms with Crippen LogP contribution in [0.3, 0.4) is 0 Å². The minimum atomic E-state index is -0.177. The van der Waals surface area contributed by atoms with Crippen molar-refractivity contribution in [1.29, 1.82) is 0 Å². The number of rotatable bonds is 3. The average molecular weight is 421 g/mol. The Morgan fingerprint density at radius 3 is 2.39 bits per heavy atom. The molecule has 9 nitrogen and oxygen atoms in total. The van der Waals surface area contributed by atoms with E-state index >= 15 is 0 Å². The molecule has 1 atom stereocenters. The molecule has 0 aliphatic carbocycles. The molecule has 2 aliphatic heterocycles. The fourth-order valence-electron chi connectivity index (χ4n) is 3.98. The summed E-state index contributed by atoms with van der Waals surface area (Å²) in [5.41, 5.74) is 3.30. The lowest BCUT2D eigenvalue weighted by atomic mass is 10.1. The molecule has 2 amide bonds. The van der Waals surface area contributed by atoms with E-state index in [4.69, 9.17) is 9.15 Å². The first-order chi connectivity index (χ1) is 15.1. The zero-order valence-corrected chi connectivity index (χ0v) is 17.2. The first kappa shape index (κ1) is 19.5. The third kappa shape index (κ3) is 3.72. The van der Waals surface area contributed by atoms with Crippen LogP contribution < -0.4 is 0 Å². The molecule has 0 bridgehead atoms. The summed E-state index contributed by atoms with van der Waals surface area (Å²) in [6.45, 7) is 4.61. The van der Waals surface area contributed by atoms with Crippen LogP contribution in [0, 0.1) is 6.92 Å². The fraction of sp³-hybridized carbons (Fsp3) is 0.364. The minimum Gasteiger partial charge on any atom is -0.459 e. The predicted molar refractivity (Wildman–Crippen MR) is 109 cm³/mol. The number of carbonyl (C=O) groups excluding carboxylic acids is 2. The molecule has 0 N–H and O–H groups in total. The van der Waals surface area contributed by atoms with Gasteiger partial charge in [-0.05, 0) is 24.6 Å². The zero-order valence-electron chi connectivity index (χ0n) is 17.2. The SMILES string of the molecule is Cc1ccc([C@H]2Cn3nnc(C(=O)N4CCN(C(=O)c5ccco5)CC4)c3CO2)cc1. The van der Waals surface area contributed by atoms with Crippen LogP contribution >= 0.6 is 0 Å². The highest BCUT2D eigenvalue weighted by Gasteiger charge is 2.32. The molecule has 0 spiro atoms. The molecule has 0 radical (unpaired) electrons. The van der Waals surface area contributed by atoms with E-state index in [2.05, 4.69) is 34.6 Å². The number of hydrogen-bond acceptors (Lipinski definition) is 6. The first-order valence-corrected chi connectivity index (χ1v) is 10.3. The summed E-state index contributed by atoms with van der Waals surface area (Å²) in [7, 11) is 0. The Kier molecular flexibility index (Phi) is 5.03. The van der Waals surface area contributed by atoms with Crippen molar-refractivity contribution in [1.82, 2.24) is 24.8 Å². The summed E-state index contributed by atoms with van der Waals surface area (Å²) in [6.07, 6.45) is 1.36. The summed E-state index contributed by atoms with van der Waals surface area (Å²) in [5, 5.41) is 8.36. The molecular formula is C22H23N5O4. The van der Waals surface area contributed by atoms with Gasteiger partial charge in [0.15, 0.2) is 11.5 Å². The molecule has 160 valence electrons. The molecule has 9 heteroatoms. The second-order valence-corrected chi connectivity index (χ2v) is 7.84. The molecule has 0 unspecified atom stereocenters. The van der Waals surface area contributed by atoms with E-state index in [0.29, 0.717) is 49.9 Å². The molecule has 4 heterocycles. The molecule has 1 saturated heterocycles. The Labute approximate surface area is 179 Å². The van der Waals surface area contributed by atoms with Gasteiger partial charge in [-0.25, -0.2) is 4.68 Å².